The van der Waals surface area contributed by atoms with Gasteiger partial charge in [0.1, 0.15) is 5.75 Å². The highest BCUT2D eigenvalue weighted by molar-refractivity contribution is 5.89. The molecular weight excluding hydrogens is 370 g/mol. The molecule has 0 unspecified atom stereocenters. The topological polar surface area (TPSA) is 90.4 Å². The number of nitrogens with one attached hydrogen (secondary N) is 1. The molecule has 0 aliphatic heterocycles. The van der Waals surface area contributed by atoms with E-state index in [0.29, 0.717) is 5.69 Å². The van der Waals surface area contributed by atoms with E-state index >= 15 is 0 Å². The van der Waals surface area contributed by atoms with Crippen LogP contribution in [0.15, 0.2) is 67.0 Å². The second-order valence-electron chi connectivity index (χ2n) is 6.30. The Morgan fingerprint density at radius 2 is 1.66 bits per heavy atom. The Morgan fingerprint density at radius 3 is 2.28 bits per heavy atom. The van der Waals surface area contributed by atoms with E-state index in [0.717, 1.165) is 16.9 Å². The molecule has 2 aromatic carbocycles. The molecule has 7 heteroatoms. The lowest BCUT2D eigenvalue weighted by Crippen LogP contribution is -2.33. The average molecular weight is 391 g/mol. The third kappa shape index (κ3) is 5.38. The van der Waals surface area contributed by atoms with Crippen molar-refractivity contribution in [2.24, 2.45) is 0 Å². The highest BCUT2D eigenvalue weighted by Gasteiger charge is 2.18. The molecule has 0 fully saturated rings. The molecule has 1 N–H and O–H groups in total. The first-order valence-electron chi connectivity index (χ1n) is 9.01. The largest absolute Gasteiger partial charge is 0.497 e. The summed E-state index contributed by atoms with van der Waals surface area (Å²) in [5, 5.41) is 2.91. The van der Waals surface area contributed by atoms with Crippen molar-refractivity contribution in [3.8, 4) is 5.75 Å². The average Bonchev–Trinajstić information content (AvgIpc) is 2.77. The lowest BCUT2D eigenvalue weighted by molar-refractivity contribution is -0.124. The molecule has 0 radical (unpaired) electrons. The summed E-state index contributed by atoms with van der Waals surface area (Å²) in [5.41, 5.74) is 2.52. The van der Waals surface area contributed by atoms with Crippen molar-refractivity contribution in [1.29, 1.82) is 0 Å². The Bertz CT molecular complexity index is 958. The van der Waals surface area contributed by atoms with Gasteiger partial charge in [0.15, 0.2) is 12.3 Å². The number of hydrogen-bond acceptors (Lipinski definition) is 6. The maximum Gasteiger partial charge on any atom is 0.359 e. The van der Waals surface area contributed by atoms with E-state index in [1.165, 1.54) is 12.4 Å². The summed E-state index contributed by atoms with van der Waals surface area (Å²) in [7, 11) is 1.60. The minimum atomic E-state index is -0.701. The summed E-state index contributed by atoms with van der Waals surface area (Å²) in [4.78, 5) is 32.4. The zero-order valence-electron chi connectivity index (χ0n) is 16.2. The molecule has 0 bridgehead atoms. The summed E-state index contributed by atoms with van der Waals surface area (Å²) < 4.78 is 10.3. The second-order valence-corrected chi connectivity index (χ2v) is 6.30. The Balaban J connectivity index is 1.69. The number of amides is 1. The van der Waals surface area contributed by atoms with Crippen molar-refractivity contribution in [1.82, 2.24) is 15.3 Å². The first-order chi connectivity index (χ1) is 14.1. The van der Waals surface area contributed by atoms with Gasteiger partial charge in [-0.25, -0.2) is 9.78 Å². The monoisotopic (exact) mass is 391 g/mol. The number of rotatable bonds is 7. The molecule has 0 saturated heterocycles. The van der Waals surface area contributed by atoms with Crippen LogP contribution in [0.5, 0.6) is 5.75 Å². The third-order valence-electron chi connectivity index (χ3n) is 4.21. The van der Waals surface area contributed by atoms with Crippen LogP contribution in [0.2, 0.25) is 0 Å². The zero-order chi connectivity index (χ0) is 20.6. The first kappa shape index (κ1) is 20.0. The fourth-order valence-electron chi connectivity index (χ4n) is 2.71. The number of aryl methyl sites for hydroxylation is 1. The van der Waals surface area contributed by atoms with Crippen LogP contribution >= 0.6 is 0 Å². The van der Waals surface area contributed by atoms with Gasteiger partial charge in [-0.15, -0.1) is 0 Å². The Kier molecular flexibility index (Phi) is 6.52. The number of hydrogen-bond donors (Lipinski definition) is 1. The van der Waals surface area contributed by atoms with Crippen molar-refractivity contribution >= 4 is 11.9 Å². The van der Waals surface area contributed by atoms with Crippen molar-refractivity contribution < 1.29 is 19.1 Å². The molecule has 3 rings (SSSR count). The lowest BCUT2D eigenvalue weighted by atomic mass is 9.98. The molecule has 0 aliphatic rings. The molecule has 1 atom stereocenters. The van der Waals surface area contributed by atoms with Crippen molar-refractivity contribution in [3.05, 3.63) is 89.5 Å². The molecule has 0 aliphatic carbocycles. The van der Waals surface area contributed by atoms with E-state index in [1.807, 2.05) is 54.6 Å². The SMILES string of the molecule is COc1ccc([C@H](NC(=O)COC(=O)c2cnc(C)cn2)c2ccccc2)cc1. The van der Waals surface area contributed by atoms with E-state index in [4.69, 9.17) is 9.47 Å². The van der Waals surface area contributed by atoms with Crippen LogP contribution in [0.25, 0.3) is 0 Å². The maximum absolute atomic E-state index is 12.5. The number of carbonyl (C=O) groups excluding carboxylic acids is 2. The van der Waals surface area contributed by atoms with Gasteiger partial charge < -0.3 is 14.8 Å². The van der Waals surface area contributed by atoms with Gasteiger partial charge in [-0.05, 0) is 30.2 Å². The summed E-state index contributed by atoms with van der Waals surface area (Å²) in [6, 6.07) is 16.6. The van der Waals surface area contributed by atoms with Crippen molar-refractivity contribution in [3.63, 3.8) is 0 Å². The summed E-state index contributed by atoms with van der Waals surface area (Å²) >= 11 is 0. The number of esters is 1. The Hall–Kier alpha value is -3.74. The van der Waals surface area contributed by atoms with Crippen LogP contribution in [0, 0.1) is 6.92 Å². The van der Waals surface area contributed by atoms with Crippen molar-refractivity contribution in [2.75, 3.05) is 13.7 Å². The summed E-state index contributed by atoms with van der Waals surface area (Å²) in [6.07, 6.45) is 2.78. The molecular formula is C22H21N3O4. The number of aromatic nitrogens is 2. The molecule has 0 saturated carbocycles. The quantitative estimate of drug-likeness (QED) is 0.623. The van der Waals surface area contributed by atoms with Crippen LogP contribution in [0.4, 0.5) is 0 Å². The van der Waals surface area contributed by atoms with E-state index in [9.17, 15) is 9.59 Å². The molecule has 148 valence electrons. The lowest BCUT2D eigenvalue weighted by Gasteiger charge is -2.20. The molecule has 1 aromatic heterocycles. The Morgan fingerprint density at radius 1 is 0.966 bits per heavy atom. The van der Waals surface area contributed by atoms with E-state index in [2.05, 4.69) is 15.3 Å². The molecule has 1 amide bonds. The van der Waals surface area contributed by atoms with Crippen LogP contribution in [-0.4, -0.2) is 35.6 Å². The highest BCUT2D eigenvalue weighted by atomic mass is 16.5. The fraction of sp³-hybridized carbons (Fsp3) is 0.182. The predicted octanol–water partition coefficient (Wildman–Crippen LogP) is 2.86. The number of ether oxygens (including phenoxy) is 2. The van der Waals surface area contributed by atoms with E-state index in [-0.39, 0.29) is 5.69 Å². The highest BCUT2D eigenvalue weighted by Crippen LogP contribution is 2.24. The van der Waals surface area contributed by atoms with Crippen LogP contribution < -0.4 is 10.1 Å². The molecule has 7 nitrogen and oxygen atoms in total. The number of methoxy groups -OCH3 is 1. The minimum absolute atomic E-state index is 0.0539. The number of carbonyl (C=O) groups is 2. The van der Waals surface area contributed by atoms with Gasteiger partial charge in [0.25, 0.3) is 5.91 Å². The molecule has 1 heterocycles. The molecule has 0 spiro atoms. The standard InChI is InChI=1S/C22H21N3O4/c1-15-12-24-19(13-23-15)22(27)29-14-20(26)25-21(16-6-4-3-5-7-16)17-8-10-18(28-2)11-9-17/h3-13,21H,14H2,1-2H3,(H,25,26)/t21-/m1/s1. The molecule has 3 aromatic rings. The summed E-state index contributed by atoms with van der Waals surface area (Å²) in [6.45, 7) is 1.34. The number of benzene rings is 2. The van der Waals surface area contributed by atoms with Gasteiger partial charge in [0.05, 0.1) is 25.0 Å². The Labute approximate surface area is 168 Å². The van der Waals surface area contributed by atoms with Gasteiger partial charge in [0.2, 0.25) is 0 Å². The number of nitrogens with zero attached hydrogens (tertiary/aromatic N) is 2. The van der Waals surface area contributed by atoms with E-state index < -0.39 is 24.5 Å². The van der Waals surface area contributed by atoms with Gasteiger partial charge in [0, 0.05) is 6.20 Å². The third-order valence-corrected chi connectivity index (χ3v) is 4.21. The smallest absolute Gasteiger partial charge is 0.359 e. The normalized spacial score (nSPS) is 11.4. The van der Waals surface area contributed by atoms with Gasteiger partial charge in [-0.2, -0.15) is 0 Å². The molecule has 29 heavy (non-hydrogen) atoms. The first-order valence-corrected chi connectivity index (χ1v) is 9.01. The fourth-order valence-corrected chi connectivity index (χ4v) is 2.71. The second kappa shape index (κ2) is 9.45. The maximum atomic E-state index is 12.5. The predicted molar refractivity (Wildman–Crippen MR) is 106 cm³/mol. The van der Waals surface area contributed by atoms with Crippen LogP contribution in [0.3, 0.4) is 0 Å². The van der Waals surface area contributed by atoms with E-state index in [1.54, 1.807) is 14.0 Å². The van der Waals surface area contributed by atoms with Crippen LogP contribution in [0.1, 0.15) is 33.4 Å². The van der Waals surface area contributed by atoms with Crippen LogP contribution in [-0.2, 0) is 9.53 Å². The van der Waals surface area contributed by atoms with Crippen molar-refractivity contribution in [2.45, 2.75) is 13.0 Å². The van der Waals surface area contributed by atoms with Gasteiger partial charge in [-0.3, -0.25) is 9.78 Å². The minimum Gasteiger partial charge on any atom is -0.497 e. The van der Waals surface area contributed by atoms with Gasteiger partial charge >= 0.3 is 5.97 Å². The summed E-state index contributed by atoms with van der Waals surface area (Å²) in [5.74, 6) is -0.406. The zero-order valence-corrected chi connectivity index (χ0v) is 16.2. The van der Waals surface area contributed by atoms with Gasteiger partial charge in [-0.1, -0.05) is 42.5 Å².